The van der Waals surface area contributed by atoms with Crippen LogP contribution in [-0.4, -0.2) is 13.0 Å². The number of nitrogens with two attached hydrogens (primary N) is 1. The molecule has 1 aliphatic rings. The van der Waals surface area contributed by atoms with Gasteiger partial charge in [0.25, 0.3) is 0 Å². The summed E-state index contributed by atoms with van der Waals surface area (Å²) in [6, 6.07) is 7.62. The highest BCUT2D eigenvalue weighted by Gasteiger charge is 2.25. The number of hydrogen-bond donors (Lipinski definition) is 1. The zero-order valence-electron chi connectivity index (χ0n) is 7.53. The van der Waals surface area contributed by atoms with Crippen LogP contribution in [-0.2, 0) is 4.79 Å². The van der Waals surface area contributed by atoms with Gasteiger partial charge in [0.15, 0.2) is 0 Å². The van der Waals surface area contributed by atoms with Gasteiger partial charge < -0.3 is 10.6 Å². The van der Waals surface area contributed by atoms with Crippen LogP contribution in [0.5, 0.6) is 0 Å². The predicted octanol–water partition coefficient (Wildman–Crippen LogP) is 1.05. The number of para-hydroxylation sites is 1. The lowest BCUT2D eigenvalue weighted by Crippen LogP contribution is -2.35. The molecule has 68 valence electrons. The second kappa shape index (κ2) is 2.85. The molecule has 0 aliphatic carbocycles. The van der Waals surface area contributed by atoms with Crippen molar-refractivity contribution in [2.45, 2.75) is 12.5 Å². The first kappa shape index (κ1) is 8.26. The number of fused-ring (bicyclic) bond motifs is 1. The van der Waals surface area contributed by atoms with E-state index in [0.717, 1.165) is 11.3 Å². The normalized spacial score (nSPS) is 21.5. The summed E-state index contributed by atoms with van der Waals surface area (Å²) in [7, 11) is 1.78. The Kier molecular flexibility index (Phi) is 1.81. The zero-order chi connectivity index (χ0) is 9.42. The first-order valence-corrected chi connectivity index (χ1v) is 4.31. The second-order valence-corrected chi connectivity index (χ2v) is 3.32. The molecule has 1 aromatic carbocycles. The Labute approximate surface area is 77.1 Å². The number of amides is 1. The average molecular weight is 176 g/mol. The van der Waals surface area contributed by atoms with Gasteiger partial charge in [0.1, 0.15) is 0 Å². The van der Waals surface area contributed by atoms with Crippen LogP contribution in [0.15, 0.2) is 24.3 Å². The molecule has 0 fully saturated rings. The molecule has 2 rings (SSSR count). The molecule has 0 spiro atoms. The summed E-state index contributed by atoms with van der Waals surface area (Å²) in [4.78, 5) is 13.1. The Bertz CT molecular complexity index is 349. The Morgan fingerprint density at radius 1 is 1.46 bits per heavy atom. The van der Waals surface area contributed by atoms with Crippen molar-refractivity contribution in [1.82, 2.24) is 0 Å². The van der Waals surface area contributed by atoms with Crippen molar-refractivity contribution in [1.29, 1.82) is 0 Å². The number of carbonyl (C=O) groups excluding carboxylic acids is 1. The molecule has 13 heavy (non-hydrogen) atoms. The van der Waals surface area contributed by atoms with Crippen LogP contribution in [0.25, 0.3) is 0 Å². The Morgan fingerprint density at radius 3 is 2.92 bits per heavy atom. The topological polar surface area (TPSA) is 46.3 Å². The lowest BCUT2D eigenvalue weighted by Gasteiger charge is -2.29. The molecule has 1 aromatic rings. The van der Waals surface area contributed by atoms with Crippen molar-refractivity contribution in [2.75, 3.05) is 11.9 Å². The van der Waals surface area contributed by atoms with Gasteiger partial charge in [-0.2, -0.15) is 0 Å². The van der Waals surface area contributed by atoms with E-state index in [1.54, 1.807) is 11.9 Å². The lowest BCUT2D eigenvalue weighted by atomic mass is 9.97. The van der Waals surface area contributed by atoms with Crippen molar-refractivity contribution < 1.29 is 4.79 Å². The molecule has 0 radical (unpaired) electrons. The van der Waals surface area contributed by atoms with Gasteiger partial charge in [0, 0.05) is 25.2 Å². The van der Waals surface area contributed by atoms with E-state index >= 15 is 0 Å². The highest BCUT2D eigenvalue weighted by Crippen LogP contribution is 2.31. The number of nitrogens with zero attached hydrogens (tertiary/aromatic N) is 1. The maximum absolute atomic E-state index is 11.4. The van der Waals surface area contributed by atoms with E-state index in [1.165, 1.54) is 0 Å². The minimum Gasteiger partial charge on any atom is -0.323 e. The molecule has 2 N–H and O–H groups in total. The third kappa shape index (κ3) is 1.21. The fourth-order valence-electron chi connectivity index (χ4n) is 1.68. The number of benzene rings is 1. The molecule has 3 nitrogen and oxygen atoms in total. The third-order valence-corrected chi connectivity index (χ3v) is 2.47. The second-order valence-electron chi connectivity index (χ2n) is 3.32. The first-order chi connectivity index (χ1) is 6.20. The summed E-state index contributed by atoms with van der Waals surface area (Å²) >= 11 is 0. The van der Waals surface area contributed by atoms with Gasteiger partial charge in [-0.05, 0) is 11.6 Å². The van der Waals surface area contributed by atoms with Crippen LogP contribution in [0.1, 0.15) is 18.0 Å². The average Bonchev–Trinajstić information content (AvgIpc) is 2.15. The van der Waals surface area contributed by atoms with E-state index in [-0.39, 0.29) is 11.9 Å². The summed E-state index contributed by atoms with van der Waals surface area (Å²) in [6.45, 7) is 0. The first-order valence-electron chi connectivity index (χ1n) is 4.31. The Balaban J connectivity index is 2.53. The maximum Gasteiger partial charge on any atom is 0.228 e. The molecule has 0 saturated heterocycles. The predicted molar refractivity (Wildman–Crippen MR) is 51.4 cm³/mol. The van der Waals surface area contributed by atoms with Gasteiger partial charge in [-0.15, -0.1) is 0 Å². The summed E-state index contributed by atoms with van der Waals surface area (Å²) in [5.74, 6) is 0.0891. The van der Waals surface area contributed by atoms with E-state index in [1.807, 2.05) is 24.3 Å². The van der Waals surface area contributed by atoms with Crippen LogP contribution >= 0.6 is 0 Å². The molecule has 1 atom stereocenters. The Hall–Kier alpha value is -1.35. The van der Waals surface area contributed by atoms with Crippen LogP contribution in [0.4, 0.5) is 5.69 Å². The van der Waals surface area contributed by atoms with Crippen molar-refractivity contribution >= 4 is 11.6 Å². The fraction of sp³-hybridized carbons (Fsp3) is 0.300. The Morgan fingerprint density at radius 2 is 2.15 bits per heavy atom. The van der Waals surface area contributed by atoms with E-state index in [4.69, 9.17) is 5.73 Å². The highest BCUT2D eigenvalue weighted by molar-refractivity contribution is 5.96. The minimum absolute atomic E-state index is 0.0891. The maximum atomic E-state index is 11.4. The summed E-state index contributed by atoms with van der Waals surface area (Å²) in [5.41, 5.74) is 7.85. The van der Waals surface area contributed by atoms with E-state index in [9.17, 15) is 4.79 Å². The number of carbonyl (C=O) groups is 1. The van der Waals surface area contributed by atoms with Crippen molar-refractivity contribution in [3.05, 3.63) is 29.8 Å². The fourth-order valence-corrected chi connectivity index (χ4v) is 1.68. The molecular weight excluding hydrogens is 164 g/mol. The summed E-state index contributed by atoms with van der Waals surface area (Å²) in [6.07, 6.45) is 0.410. The van der Waals surface area contributed by atoms with Crippen LogP contribution < -0.4 is 10.6 Å². The molecule has 3 heteroatoms. The summed E-state index contributed by atoms with van der Waals surface area (Å²) in [5, 5.41) is 0. The molecule has 0 saturated carbocycles. The van der Waals surface area contributed by atoms with Gasteiger partial charge in [-0.25, -0.2) is 0 Å². The van der Waals surface area contributed by atoms with Gasteiger partial charge in [0.05, 0.1) is 0 Å². The van der Waals surface area contributed by atoms with Gasteiger partial charge in [0.2, 0.25) is 5.91 Å². The molecule has 0 aromatic heterocycles. The van der Waals surface area contributed by atoms with Crippen molar-refractivity contribution in [3.8, 4) is 0 Å². The van der Waals surface area contributed by atoms with Gasteiger partial charge in [-0.1, -0.05) is 18.2 Å². The van der Waals surface area contributed by atoms with Crippen LogP contribution in [0.2, 0.25) is 0 Å². The smallest absolute Gasteiger partial charge is 0.228 e. The van der Waals surface area contributed by atoms with Gasteiger partial charge in [-0.3, -0.25) is 4.79 Å². The molecule has 0 bridgehead atoms. The molecule has 1 aliphatic heterocycles. The molecule has 0 unspecified atom stereocenters. The summed E-state index contributed by atoms with van der Waals surface area (Å²) < 4.78 is 0. The molecular formula is C10H12N2O. The number of hydrogen-bond acceptors (Lipinski definition) is 2. The molecule has 1 amide bonds. The van der Waals surface area contributed by atoms with E-state index < -0.39 is 0 Å². The lowest BCUT2D eigenvalue weighted by molar-refractivity contribution is -0.119. The van der Waals surface area contributed by atoms with E-state index in [2.05, 4.69) is 0 Å². The quantitative estimate of drug-likeness (QED) is 0.642. The molecule has 1 heterocycles. The van der Waals surface area contributed by atoms with Gasteiger partial charge >= 0.3 is 0 Å². The monoisotopic (exact) mass is 176 g/mol. The number of rotatable bonds is 0. The van der Waals surface area contributed by atoms with Crippen LogP contribution in [0.3, 0.4) is 0 Å². The zero-order valence-corrected chi connectivity index (χ0v) is 7.53. The largest absolute Gasteiger partial charge is 0.323 e. The van der Waals surface area contributed by atoms with E-state index in [0.29, 0.717) is 6.42 Å². The third-order valence-electron chi connectivity index (χ3n) is 2.47. The van der Waals surface area contributed by atoms with Crippen molar-refractivity contribution in [2.24, 2.45) is 5.73 Å². The SMILES string of the molecule is CN1C(=O)C[C@H](N)c2ccccc21. The standard InChI is InChI=1S/C10H12N2O/c1-12-9-5-3-2-4-7(9)8(11)6-10(12)13/h2-5,8H,6,11H2,1H3/t8-/m0/s1. The van der Waals surface area contributed by atoms with Crippen molar-refractivity contribution in [3.63, 3.8) is 0 Å². The number of anilines is 1. The minimum atomic E-state index is -0.139. The highest BCUT2D eigenvalue weighted by atomic mass is 16.2. The van der Waals surface area contributed by atoms with Crippen LogP contribution in [0, 0.1) is 0 Å².